The fourth-order valence-corrected chi connectivity index (χ4v) is 1.56. The summed E-state index contributed by atoms with van der Waals surface area (Å²) in [6, 6.07) is 0. The Morgan fingerprint density at radius 2 is 2.40 bits per heavy atom. The summed E-state index contributed by atoms with van der Waals surface area (Å²) in [5.74, 6) is 0.339. The Hall–Kier alpha value is -0.110. The smallest absolute Gasteiger partial charge is 0.0935 e. The van der Waals surface area contributed by atoms with Crippen LogP contribution in [0.3, 0.4) is 0 Å². The van der Waals surface area contributed by atoms with Gasteiger partial charge in [-0.25, -0.2) is 0 Å². The number of hydrogen-bond donors (Lipinski definition) is 0. The molecule has 0 saturated carbocycles. The minimum Gasteiger partial charge on any atom is -0.303 e. The molecule has 1 heterocycles. The van der Waals surface area contributed by atoms with Crippen molar-refractivity contribution in [2.24, 2.45) is 5.92 Å². The predicted octanol–water partition coefficient (Wildman–Crippen LogP) is 1.69. The lowest BCUT2D eigenvalue weighted by Gasteiger charge is -2.12. The largest absolute Gasteiger partial charge is 0.303 e. The normalized spacial score (nSPS) is 27.6. The van der Waals surface area contributed by atoms with Gasteiger partial charge in [-0.3, -0.25) is 4.39 Å². The number of rotatable bonds is 3. The molecule has 60 valence electrons. The van der Waals surface area contributed by atoms with Crippen LogP contribution in [0, 0.1) is 5.92 Å². The molecule has 0 amide bonds. The molecule has 0 bridgehead atoms. The maximum atomic E-state index is 12.1. The lowest BCUT2D eigenvalue weighted by Crippen LogP contribution is -2.21. The first-order valence-corrected chi connectivity index (χ1v) is 4.15. The van der Waals surface area contributed by atoms with Crippen molar-refractivity contribution in [2.45, 2.75) is 19.8 Å². The highest BCUT2D eigenvalue weighted by Gasteiger charge is 2.20. The SMILES string of the molecule is CCCN1CC[C@@H](CF)C1. The molecule has 0 unspecified atom stereocenters. The van der Waals surface area contributed by atoms with Gasteiger partial charge in [0.25, 0.3) is 0 Å². The van der Waals surface area contributed by atoms with Gasteiger partial charge in [0, 0.05) is 12.5 Å². The molecule has 0 aromatic carbocycles. The standard InChI is InChI=1S/C8H16FN/c1-2-4-10-5-3-8(6-9)7-10/h8H,2-7H2,1H3/t8-/m0/s1. The fraction of sp³-hybridized carbons (Fsp3) is 1.00. The van der Waals surface area contributed by atoms with Crippen molar-refractivity contribution >= 4 is 0 Å². The first-order valence-electron chi connectivity index (χ1n) is 4.15. The zero-order chi connectivity index (χ0) is 7.40. The van der Waals surface area contributed by atoms with E-state index in [0.717, 1.165) is 26.1 Å². The van der Waals surface area contributed by atoms with Crippen LogP contribution in [0.2, 0.25) is 0 Å². The van der Waals surface area contributed by atoms with Crippen LogP contribution in [0.5, 0.6) is 0 Å². The van der Waals surface area contributed by atoms with Crippen molar-refractivity contribution in [2.75, 3.05) is 26.3 Å². The molecule has 1 nitrogen and oxygen atoms in total. The number of hydrogen-bond acceptors (Lipinski definition) is 1. The lowest BCUT2D eigenvalue weighted by atomic mass is 10.1. The molecular weight excluding hydrogens is 129 g/mol. The number of likely N-dealkylation sites (tertiary alicyclic amines) is 1. The van der Waals surface area contributed by atoms with E-state index in [4.69, 9.17) is 0 Å². The maximum Gasteiger partial charge on any atom is 0.0935 e. The van der Waals surface area contributed by atoms with E-state index in [9.17, 15) is 4.39 Å². The summed E-state index contributed by atoms with van der Waals surface area (Å²) < 4.78 is 12.1. The van der Waals surface area contributed by atoms with E-state index in [0.29, 0.717) is 5.92 Å². The summed E-state index contributed by atoms with van der Waals surface area (Å²) in [5.41, 5.74) is 0. The van der Waals surface area contributed by atoms with Gasteiger partial charge in [-0.15, -0.1) is 0 Å². The van der Waals surface area contributed by atoms with Crippen LogP contribution < -0.4 is 0 Å². The summed E-state index contributed by atoms with van der Waals surface area (Å²) in [6.07, 6.45) is 2.26. The Bertz CT molecular complexity index is 95.3. The minimum atomic E-state index is -0.125. The summed E-state index contributed by atoms with van der Waals surface area (Å²) in [4.78, 5) is 2.35. The highest BCUT2D eigenvalue weighted by atomic mass is 19.1. The molecule has 10 heavy (non-hydrogen) atoms. The molecule has 1 atom stereocenters. The van der Waals surface area contributed by atoms with E-state index < -0.39 is 0 Å². The van der Waals surface area contributed by atoms with Crippen LogP contribution in [0.25, 0.3) is 0 Å². The van der Waals surface area contributed by atoms with E-state index in [1.54, 1.807) is 0 Å². The number of halogens is 1. The van der Waals surface area contributed by atoms with E-state index in [1.165, 1.54) is 6.42 Å². The van der Waals surface area contributed by atoms with Gasteiger partial charge in [0.1, 0.15) is 0 Å². The van der Waals surface area contributed by atoms with Gasteiger partial charge < -0.3 is 4.90 Å². The molecule has 0 aromatic heterocycles. The predicted molar refractivity (Wildman–Crippen MR) is 40.8 cm³/mol. The molecule has 1 aliphatic heterocycles. The van der Waals surface area contributed by atoms with E-state index >= 15 is 0 Å². The molecule has 1 rings (SSSR count). The van der Waals surface area contributed by atoms with Gasteiger partial charge in [0.15, 0.2) is 0 Å². The van der Waals surface area contributed by atoms with Crippen molar-refractivity contribution in [1.29, 1.82) is 0 Å². The molecule has 1 fully saturated rings. The molecule has 1 aliphatic rings. The van der Waals surface area contributed by atoms with Crippen LogP contribution in [-0.2, 0) is 0 Å². The first kappa shape index (κ1) is 7.99. The summed E-state index contributed by atoms with van der Waals surface area (Å²) in [7, 11) is 0. The summed E-state index contributed by atoms with van der Waals surface area (Å²) in [6.45, 7) is 5.30. The average molecular weight is 145 g/mol. The van der Waals surface area contributed by atoms with Gasteiger partial charge >= 0.3 is 0 Å². The minimum absolute atomic E-state index is 0.125. The monoisotopic (exact) mass is 145 g/mol. The Labute approximate surface area is 62.2 Å². The van der Waals surface area contributed by atoms with Crippen LogP contribution in [0.4, 0.5) is 4.39 Å². The van der Waals surface area contributed by atoms with Gasteiger partial charge in [-0.1, -0.05) is 6.92 Å². The van der Waals surface area contributed by atoms with Crippen LogP contribution in [-0.4, -0.2) is 31.2 Å². The second-order valence-corrected chi connectivity index (χ2v) is 3.11. The van der Waals surface area contributed by atoms with Gasteiger partial charge in [-0.05, 0) is 25.9 Å². The quantitative estimate of drug-likeness (QED) is 0.584. The third-order valence-corrected chi connectivity index (χ3v) is 2.13. The Morgan fingerprint density at radius 3 is 2.90 bits per heavy atom. The van der Waals surface area contributed by atoms with Crippen molar-refractivity contribution in [3.05, 3.63) is 0 Å². The zero-order valence-corrected chi connectivity index (χ0v) is 6.65. The maximum absolute atomic E-state index is 12.1. The summed E-state index contributed by atoms with van der Waals surface area (Å²) >= 11 is 0. The second-order valence-electron chi connectivity index (χ2n) is 3.11. The number of nitrogens with zero attached hydrogens (tertiary/aromatic N) is 1. The third-order valence-electron chi connectivity index (χ3n) is 2.13. The Morgan fingerprint density at radius 1 is 1.60 bits per heavy atom. The van der Waals surface area contributed by atoms with Crippen LogP contribution in [0.15, 0.2) is 0 Å². The van der Waals surface area contributed by atoms with Crippen LogP contribution in [0.1, 0.15) is 19.8 Å². The van der Waals surface area contributed by atoms with Crippen molar-refractivity contribution in [1.82, 2.24) is 4.90 Å². The average Bonchev–Trinajstić information content (AvgIpc) is 2.37. The Balaban J connectivity index is 2.15. The van der Waals surface area contributed by atoms with E-state index in [-0.39, 0.29) is 6.67 Å². The highest BCUT2D eigenvalue weighted by molar-refractivity contribution is 4.74. The molecular formula is C8H16FN. The van der Waals surface area contributed by atoms with E-state index in [2.05, 4.69) is 11.8 Å². The van der Waals surface area contributed by atoms with Gasteiger partial charge in [0.05, 0.1) is 6.67 Å². The number of alkyl halides is 1. The lowest BCUT2D eigenvalue weighted by molar-refractivity contribution is 0.303. The molecule has 0 spiro atoms. The molecule has 2 heteroatoms. The van der Waals surface area contributed by atoms with Gasteiger partial charge in [0.2, 0.25) is 0 Å². The topological polar surface area (TPSA) is 3.24 Å². The van der Waals surface area contributed by atoms with Crippen molar-refractivity contribution in [3.63, 3.8) is 0 Å². The van der Waals surface area contributed by atoms with E-state index in [1.807, 2.05) is 0 Å². The molecule has 0 aliphatic carbocycles. The van der Waals surface area contributed by atoms with Gasteiger partial charge in [-0.2, -0.15) is 0 Å². The van der Waals surface area contributed by atoms with Crippen LogP contribution >= 0.6 is 0 Å². The zero-order valence-electron chi connectivity index (χ0n) is 6.65. The first-order chi connectivity index (χ1) is 4.86. The second kappa shape index (κ2) is 3.91. The molecule has 0 N–H and O–H groups in total. The molecule has 0 radical (unpaired) electrons. The molecule has 0 aromatic rings. The molecule has 1 saturated heterocycles. The third kappa shape index (κ3) is 1.94. The van der Waals surface area contributed by atoms with Crippen molar-refractivity contribution < 1.29 is 4.39 Å². The Kier molecular flexibility index (Phi) is 3.13. The highest BCUT2D eigenvalue weighted by Crippen LogP contribution is 2.15. The fourth-order valence-electron chi connectivity index (χ4n) is 1.56. The summed E-state index contributed by atoms with van der Waals surface area (Å²) in [5, 5.41) is 0. The van der Waals surface area contributed by atoms with Crippen molar-refractivity contribution in [3.8, 4) is 0 Å².